The van der Waals surface area contributed by atoms with Crippen molar-refractivity contribution >= 4 is 23.5 Å². The second-order valence-corrected chi connectivity index (χ2v) is 5.16. The highest BCUT2D eigenvalue weighted by molar-refractivity contribution is 8.06. The average molecular weight is 219 g/mol. The predicted molar refractivity (Wildman–Crippen MR) is 64.7 cm³/mol. The summed E-state index contributed by atoms with van der Waals surface area (Å²) in [5, 5.41) is 5.57. The summed E-state index contributed by atoms with van der Waals surface area (Å²) in [6.45, 7) is 0. The van der Waals surface area contributed by atoms with E-state index in [1.807, 2.05) is 11.8 Å². The summed E-state index contributed by atoms with van der Waals surface area (Å²) in [5.74, 6) is 1.09. The van der Waals surface area contributed by atoms with E-state index in [-0.39, 0.29) is 0 Å². The molecule has 0 fully saturated rings. The fourth-order valence-electron chi connectivity index (χ4n) is 1.56. The van der Waals surface area contributed by atoms with E-state index < -0.39 is 0 Å². The summed E-state index contributed by atoms with van der Waals surface area (Å²) in [7, 11) is 0. The number of thioether (sulfide) groups is 2. The van der Waals surface area contributed by atoms with Gasteiger partial charge in [0.2, 0.25) is 0 Å². The highest BCUT2D eigenvalue weighted by atomic mass is 32.2. The first-order chi connectivity index (χ1) is 6.93. The molecule has 3 rings (SSSR count). The number of rotatable bonds is 0. The van der Waals surface area contributed by atoms with Crippen LogP contribution in [0.4, 0.5) is 0 Å². The zero-order valence-corrected chi connectivity index (χ0v) is 9.12. The molecule has 0 aromatic heterocycles. The van der Waals surface area contributed by atoms with Crippen molar-refractivity contribution in [1.29, 1.82) is 0 Å². The molecule has 0 atom stereocenters. The third kappa shape index (κ3) is 1.37. The molecule has 0 aromatic rings. The Morgan fingerprint density at radius 2 is 2.36 bits per heavy atom. The lowest BCUT2D eigenvalue weighted by Crippen LogP contribution is -2.19. The van der Waals surface area contributed by atoms with Crippen LogP contribution in [0.3, 0.4) is 0 Å². The van der Waals surface area contributed by atoms with Gasteiger partial charge in [0, 0.05) is 15.6 Å². The first-order valence-electron chi connectivity index (χ1n) is 4.50. The van der Waals surface area contributed by atoms with Crippen LogP contribution in [-0.4, -0.2) is 5.75 Å². The molecular weight excluding hydrogens is 210 g/mol. The lowest BCUT2D eigenvalue weighted by atomic mass is 10.2. The van der Waals surface area contributed by atoms with Gasteiger partial charge in [-0.05, 0) is 23.6 Å². The van der Waals surface area contributed by atoms with Crippen molar-refractivity contribution in [2.75, 3.05) is 5.75 Å². The molecule has 3 heterocycles. The second-order valence-electron chi connectivity index (χ2n) is 3.15. The molecule has 0 saturated carbocycles. The van der Waals surface area contributed by atoms with Gasteiger partial charge in [-0.3, -0.25) is 0 Å². The maximum Gasteiger partial charge on any atom is 0.0526 e. The van der Waals surface area contributed by atoms with Crippen LogP contribution in [0.2, 0.25) is 0 Å². The molecule has 0 amide bonds. The van der Waals surface area contributed by atoms with Crippen LogP contribution >= 0.6 is 23.5 Å². The number of dihydropyridines is 1. The molecular formula is C11H9NS2. The number of allylic oxidation sites excluding steroid dienone is 4. The van der Waals surface area contributed by atoms with Gasteiger partial charge in [0.25, 0.3) is 0 Å². The van der Waals surface area contributed by atoms with E-state index in [2.05, 4.69) is 41.1 Å². The Morgan fingerprint density at radius 1 is 1.36 bits per heavy atom. The van der Waals surface area contributed by atoms with Gasteiger partial charge >= 0.3 is 0 Å². The maximum absolute atomic E-state index is 3.45. The van der Waals surface area contributed by atoms with E-state index in [1.165, 1.54) is 21.2 Å². The molecule has 0 aliphatic carbocycles. The first-order valence-corrected chi connectivity index (χ1v) is 6.36. The van der Waals surface area contributed by atoms with E-state index in [0.717, 1.165) is 5.75 Å². The van der Waals surface area contributed by atoms with Crippen LogP contribution in [0.25, 0.3) is 0 Å². The highest BCUT2D eigenvalue weighted by Crippen LogP contribution is 2.37. The van der Waals surface area contributed by atoms with Gasteiger partial charge in [-0.25, -0.2) is 0 Å². The summed E-state index contributed by atoms with van der Waals surface area (Å²) < 4.78 is 0. The Balaban J connectivity index is 2.04. The summed E-state index contributed by atoms with van der Waals surface area (Å²) in [5.41, 5.74) is 2.47. The molecule has 0 bridgehead atoms. The quantitative estimate of drug-likeness (QED) is 0.672. The van der Waals surface area contributed by atoms with E-state index in [9.17, 15) is 0 Å². The average Bonchev–Trinajstić information content (AvgIpc) is 2.26. The van der Waals surface area contributed by atoms with Crippen molar-refractivity contribution < 1.29 is 0 Å². The van der Waals surface area contributed by atoms with Gasteiger partial charge in [-0.2, -0.15) is 0 Å². The molecule has 14 heavy (non-hydrogen) atoms. The Labute approximate surface area is 91.7 Å². The van der Waals surface area contributed by atoms with Crippen molar-refractivity contribution in [3.8, 4) is 0 Å². The Morgan fingerprint density at radius 3 is 3.36 bits per heavy atom. The van der Waals surface area contributed by atoms with Crippen LogP contribution < -0.4 is 5.32 Å². The number of hydrogen-bond donors (Lipinski definition) is 1. The Bertz CT molecular complexity index is 425. The minimum absolute atomic E-state index is 1.09. The van der Waals surface area contributed by atoms with Gasteiger partial charge < -0.3 is 5.32 Å². The van der Waals surface area contributed by atoms with Crippen LogP contribution in [0.1, 0.15) is 0 Å². The summed E-state index contributed by atoms with van der Waals surface area (Å²) in [6.07, 6.45) is 10.8. The smallest absolute Gasteiger partial charge is 0.0526 e. The van der Waals surface area contributed by atoms with Gasteiger partial charge in [-0.15, -0.1) is 11.8 Å². The number of nitrogens with one attached hydrogen (secondary N) is 1. The first kappa shape index (κ1) is 8.50. The molecule has 3 aliphatic rings. The fourth-order valence-corrected chi connectivity index (χ4v) is 3.22. The normalized spacial score (nSPS) is 23.4. The van der Waals surface area contributed by atoms with E-state index in [1.54, 1.807) is 11.8 Å². The molecule has 70 valence electrons. The van der Waals surface area contributed by atoms with Crippen molar-refractivity contribution in [1.82, 2.24) is 5.32 Å². The molecule has 3 aliphatic heterocycles. The van der Waals surface area contributed by atoms with Crippen molar-refractivity contribution in [2.45, 2.75) is 0 Å². The zero-order chi connectivity index (χ0) is 9.38. The van der Waals surface area contributed by atoms with Crippen LogP contribution in [-0.2, 0) is 0 Å². The largest absolute Gasteiger partial charge is 0.354 e. The lowest BCUT2D eigenvalue weighted by Gasteiger charge is -2.24. The SMILES string of the molecule is C1=CSC2=CC3=C(C=CCS3)NC2=C1. The number of hydrogen-bond acceptors (Lipinski definition) is 3. The minimum Gasteiger partial charge on any atom is -0.354 e. The van der Waals surface area contributed by atoms with E-state index in [0.29, 0.717) is 0 Å². The molecule has 0 saturated heterocycles. The highest BCUT2D eigenvalue weighted by Gasteiger charge is 2.18. The van der Waals surface area contributed by atoms with Gasteiger partial charge in [0.1, 0.15) is 0 Å². The molecule has 1 N–H and O–H groups in total. The Kier molecular flexibility index (Phi) is 2.07. The van der Waals surface area contributed by atoms with Crippen LogP contribution in [0.5, 0.6) is 0 Å². The molecule has 0 aromatic carbocycles. The van der Waals surface area contributed by atoms with Gasteiger partial charge in [0.05, 0.1) is 11.4 Å². The topological polar surface area (TPSA) is 12.0 Å². The lowest BCUT2D eigenvalue weighted by molar-refractivity contribution is 1.01. The molecule has 3 heteroatoms. The molecule has 1 nitrogen and oxygen atoms in total. The van der Waals surface area contributed by atoms with Crippen molar-refractivity contribution in [3.63, 3.8) is 0 Å². The van der Waals surface area contributed by atoms with Crippen LogP contribution in [0.15, 0.2) is 57.0 Å². The fraction of sp³-hybridized carbons (Fsp3) is 0.0909. The van der Waals surface area contributed by atoms with Gasteiger partial charge in [-0.1, -0.05) is 23.9 Å². The van der Waals surface area contributed by atoms with Gasteiger partial charge in [0.15, 0.2) is 0 Å². The predicted octanol–water partition coefficient (Wildman–Crippen LogP) is 3.13. The zero-order valence-electron chi connectivity index (χ0n) is 7.49. The number of fused-ring (bicyclic) bond motifs is 1. The standard InChI is InChI=1S/C11H9NS2/c1-3-8-10(13-5-1)7-11-9(12-8)4-2-6-14-11/h1-5,7,12H,6H2. The van der Waals surface area contributed by atoms with Crippen molar-refractivity contribution in [3.05, 3.63) is 57.0 Å². The second kappa shape index (κ2) is 3.41. The third-order valence-corrected chi connectivity index (χ3v) is 4.11. The Hall–Kier alpha value is -0.800. The third-order valence-electron chi connectivity index (χ3n) is 2.22. The minimum atomic E-state index is 1.09. The van der Waals surface area contributed by atoms with E-state index >= 15 is 0 Å². The maximum atomic E-state index is 3.45. The molecule has 0 spiro atoms. The van der Waals surface area contributed by atoms with Crippen LogP contribution in [0, 0.1) is 0 Å². The summed E-state index contributed by atoms with van der Waals surface area (Å²) in [6, 6.07) is 0. The summed E-state index contributed by atoms with van der Waals surface area (Å²) >= 11 is 3.67. The monoisotopic (exact) mass is 219 g/mol. The molecule has 0 radical (unpaired) electrons. The summed E-state index contributed by atoms with van der Waals surface area (Å²) in [4.78, 5) is 2.69. The molecule has 0 unspecified atom stereocenters. The van der Waals surface area contributed by atoms with E-state index in [4.69, 9.17) is 0 Å². The van der Waals surface area contributed by atoms with Crippen molar-refractivity contribution in [2.24, 2.45) is 0 Å².